The van der Waals surface area contributed by atoms with Crippen molar-refractivity contribution in [2.45, 2.75) is 65.6 Å². The third-order valence-corrected chi connectivity index (χ3v) is 4.93. The number of carbonyl (C=O) groups is 2. The quantitative estimate of drug-likeness (QED) is 0.706. The van der Waals surface area contributed by atoms with Crippen LogP contribution in [0.2, 0.25) is 0 Å². The van der Waals surface area contributed by atoms with Crippen LogP contribution in [0.3, 0.4) is 0 Å². The number of ether oxygens (including phenoxy) is 1. The molecule has 7 nitrogen and oxygen atoms in total. The zero-order chi connectivity index (χ0) is 22.5. The summed E-state index contributed by atoms with van der Waals surface area (Å²) in [7, 11) is 3.95. The van der Waals surface area contributed by atoms with Crippen molar-refractivity contribution >= 4 is 23.3 Å². The van der Waals surface area contributed by atoms with Gasteiger partial charge in [0.05, 0.1) is 6.10 Å². The second-order valence-electron chi connectivity index (χ2n) is 9.58. The highest BCUT2D eigenvalue weighted by Crippen LogP contribution is 2.26. The average molecular weight is 419 g/mol. The molecule has 0 aliphatic carbocycles. The topological polar surface area (TPSA) is 73.9 Å². The Morgan fingerprint density at radius 3 is 2.47 bits per heavy atom. The molecule has 1 aromatic carbocycles. The highest BCUT2D eigenvalue weighted by atomic mass is 16.5. The molecule has 0 aromatic heterocycles. The van der Waals surface area contributed by atoms with Crippen LogP contribution in [0.5, 0.6) is 0 Å². The van der Waals surface area contributed by atoms with Crippen LogP contribution in [-0.4, -0.2) is 55.7 Å². The van der Waals surface area contributed by atoms with Gasteiger partial charge in [0.15, 0.2) is 0 Å². The Balaban J connectivity index is 2.30. The van der Waals surface area contributed by atoms with Gasteiger partial charge in [-0.1, -0.05) is 13.8 Å². The number of anilines is 2. The number of amides is 3. The summed E-state index contributed by atoms with van der Waals surface area (Å²) in [6, 6.07) is 5.73. The SMILES string of the molecule is CC(C)C(=O)Nc1ccc(N(C)C)c(CN(C[C@H]2CCCO2)C(=O)NC(C)(C)C)c1. The van der Waals surface area contributed by atoms with Crippen molar-refractivity contribution in [3.63, 3.8) is 0 Å². The summed E-state index contributed by atoms with van der Waals surface area (Å²) in [6.07, 6.45) is 2.05. The van der Waals surface area contributed by atoms with E-state index in [0.29, 0.717) is 13.1 Å². The predicted molar refractivity (Wildman–Crippen MR) is 122 cm³/mol. The van der Waals surface area contributed by atoms with Crippen LogP contribution in [0.4, 0.5) is 16.2 Å². The smallest absolute Gasteiger partial charge is 0.318 e. The first-order valence-electron chi connectivity index (χ1n) is 10.8. The molecule has 168 valence electrons. The minimum absolute atomic E-state index is 0.0276. The molecular weight excluding hydrogens is 380 g/mol. The molecule has 1 atom stereocenters. The molecule has 1 fully saturated rings. The Kier molecular flexibility index (Phi) is 8.12. The highest BCUT2D eigenvalue weighted by molar-refractivity contribution is 5.92. The number of carbonyl (C=O) groups excluding carboxylic acids is 2. The Hall–Kier alpha value is -2.28. The lowest BCUT2D eigenvalue weighted by atomic mass is 10.1. The molecule has 0 unspecified atom stereocenters. The van der Waals surface area contributed by atoms with Crippen molar-refractivity contribution < 1.29 is 14.3 Å². The summed E-state index contributed by atoms with van der Waals surface area (Å²) in [6.45, 7) is 11.4. The van der Waals surface area contributed by atoms with Crippen molar-refractivity contribution in [3.05, 3.63) is 23.8 Å². The molecule has 0 bridgehead atoms. The first-order valence-corrected chi connectivity index (χ1v) is 10.8. The first kappa shape index (κ1) is 24.0. The standard InChI is InChI=1S/C23H38N4O3/c1-16(2)21(28)24-18-10-11-20(26(6)7)17(13-18)14-27(15-19-9-8-12-30-19)22(29)25-23(3,4)5/h10-11,13,16,19H,8-9,12,14-15H2,1-7H3,(H,24,28)(H,25,29)/t19-/m1/s1. The zero-order valence-electron chi connectivity index (χ0n) is 19.5. The maximum Gasteiger partial charge on any atom is 0.318 e. The minimum atomic E-state index is -0.330. The van der Waals surface area contributed by atoms with E-state index in [1.54, 1.807) is 0 Å². The molecule has 3 amide bonds. The van der Waals surface area contributed by atoms with E-state index in [2.05, 4.69) is 10.6 Å². The lowest BCUT2D eigenvalue weighted by Crippen LogP contribution is -2.50. The van der Waals surface area contributed by atoms with Gasteiger partial charge in [-0.15, -0.1) is 0 Å². The Bertz CT molecular complexity index is 734. The number of nitrogens with one attached hydrogen (secondary N) is 2. The molecule has 1 aliphatic heterocycles. The summed E-state index contributed by atoms with van der Waals surface area (Å²) < 4.78 is 5.79. The lowest BCUT2D eigenvalue weighted by Gasteiger charge is -2.31. The van der Waals surface area contributed by atoms with Gasteiger partial charge in [-0.25, -0.2) is 4.79 Å². The molecule has 1 heterocycles. The molecule has 0 spiro atoms. The molecule has 2 rings (SSSR count). The van der Waals surface area contributed by atoms with E-state index in [-0.39, 0.29) is 29.5 Å². The third kappa shape index (κ3) is 7.20. The van der Waals surface area contributed by atoms with Crippen LogP contribution in [0.1, 0.15) is 53.0 Å². The van der Waals surface area contributed by atoms with Gasteiger partial charge in [0.25, 0.3) is 0 Å². The molecule has 0 radical (unpaired) electrons. The normalized spacial score (nSPS) is 16.5. The van der Waals surface area contributed by atoms with Crippen molar-refractivity contribution in [3.8, 4) is 0 Å². The molecule has 0 saturated carbocycles. The van der Waals surface area contributed by atoms with Crippen LogP contribution in [-0.2, 0) is 16.1 Å². The van der Waals surface area contributed by atoms with Crippen molar-refractivity contribution in [1.82, 2.24) is 10.2 Å². The van der Waals surface area contributed by atoms with Gasteiger partial charge in [0.1, 0.15) is 0 Å². The number of hydrogen-bond acceptors (Lipinski definition) is 4. The summed E-state index contributed by atoms with van der Waals surface area (Å²) in [5, 5.41) is 6.03. The molecule has 1 aliphatic rings. The van der Waals surface area contributed by atoms with E-state index in [1.807, 2.05) is 76.7 Å². The van der Waals surface area contributed by atoms with E-state index in [0.717, 1.165) is 36.4 Å². The van der Waals surface area contributed by atoms with E-state index >= 15 is 0 Å². The van der Waals surface area contributed by atoms with Crippen LogP contribution >= 0.6 is 0 Å². The fourth-order valence-electron chi connectivity index (χ4n) is 3.37. The molecule has 1 saturated heterocycles. The first-order chi connectivity index (χ1) is 14.0. The van der Waals surface area contributed by atoms with E-state index in [4.69, 9.17) is 4.74 Å². The fraction of sp³-hybridized carbons (Fsp3) is 0.652. The Labute approximate surface area is 181 Å². The second kappa shape index (κ2) is 10.2. The maximum atomic E-state index is 13.1. The zero-order valence-corrected chi connectivity index (χ0v) is 19.5. The van der Waals surface area contributed by atoms with Crippen molar-refractivity contribution in [2.75, 3.05) is 37.5 Å². The van der Waals surface area contributed by atoms with Gasteiger partial charge in [-0.05, 0) is 57.4 Å². The van der Waals surface area contributed by atoms with E-state index in [1.165, 1.54) is 0 Å². The number of urea groups is 1. The van der Waals surface area contributed by atoms with Gasteiger partial charge in [-0.3, -0.25) is 4.79 Å². The monoisotopic (exact) mass is 418 g/mol. The Morgan fingerprint density at radius 2 is 1.93 bits per heavy atom. The second-order valence-corrected chi connectivity index (χ2v) is 9.58. The van der Waals surface area contributed by atoms with Gasteiger partial charge in [0, 0.05) is 56.6 Å². The van der Waals surface area contributed by atoms with E-state index < -0.39 is 0 Å². The van der Waals surface area contributed by atoms with Crippen molar-refractivity contribution in [1.29, 1.82) is 0 Å². The van der Waals surface area contributed by atoms with E-state index in [9.17, 15) is 9.59 Å². The molecular formula is C23H38N4O3. The number of hydrogen-bond donors (Lipinski definition) is 2. The van der Waals surface area contributed by atoms with Crippen LogP contribution in [0.15, 0.2) is 18.2 Å². The molecule has 2 N–H and O–H groups in total. The average Bonchev–Trinajstić information content (AvgIpc) is 3.12. The Morgan fingerprint density at radius 1 is 1.23 bits per heavy atom. The van der Waals surface area contributed by atoms with Crippen LogP contribution < -0.4 is 15.5 Å². The van der Waals surface area contributed by atoms with Gasteiger partial charge < -0.3 is 25.2 Å². The molecule has 30 heavy (non-hydrogen) atoms. The molecule has 7 heteroatoms. The number of nitrogens with zero attached hydrogens (tertiary/aromatic N) is 2. The summed E-state index contributed by atoms with van der Waals surface area (Å²) in [5.74, 6) is -0.129. The largest absolute Gasteiger partial charge is 0.377 e. The van der Waals surface area contributed by atoms with Gasteiger partial charge in [0.2, 0.25) is 5.91 Å². The van der Waals surface area contributed by atoms with Crippen LogP contribution in [0.25, 0.3) is 0 Å². The third-order valence-electron chi connectivity index (χ3n) is 4.93. The lowest BCUT2D eigenvalue weighted by molar-refractivity contribution is -0.118. The minimum Gasteiger partial charge on any atom is -0.377 e. The maximum absolute atomic E-state index is 13.1. The summed E-state index contributed by atoms with van der Waals surface area (Å²) in [5.41, 5.74) is 2.40. The van der Waals surface area contributed by atoms with Crippen molar-refractivity contribution in [2.24, 2.45) is 5.92 Å². The summed E-state index contributed by atoms with van der Waals surface area (Å²) >= 11 is 0. The predicted octanol–water partition coefficient (Wildman–Crippen LogP) is 3.84. The van der Waals surface area contributed by atoms with Gasteiger partial charge in [-0.2, -0.15) is 0 Å². The number of rotatable bonds is 7. The van der Waals surface area contributed by atoms with Gasteiger partial charge >= 0.3 is 6.03 Å². The number of benzene rings is 1. The highest BCUT2D eigenvalue weighted by Gasteiger charge is 2.26. The van der Waals surface area contributed by atoms with Crippen LogP contribution in [0, 0.1) is 5.92 Å². The molecule has 1 aromatic rings. The fourth-order valence-corrected chi connectivity index (χ4v) is 3.37. The summed E-state index contributed by atoms with van der Waals surface area (Å²) in [4.78, 5) is 29.0.